The molecular formula is C28H35N5O4S. The second-order valence-corrected chi connectivity index (χ2v) is 11.0. The van der Waals surface area contributed by atoms with Gasteiger partial charge < -0.3 is 24.6 Å². The van der Waals surface area contributed by atoms with E-state index in [1.54, 1.807) is 38.6 Å². The minimum absolute atomic E-state index is 0.0277. The van der Waals surface area contributed by atoms with Crippen molar-refractivity contribution in [3.05, 3.63) is 35.7 Å². The summed E-state index contributed by atoms with van der Waals surface area (Å²) < 4.78 is 15.2. The van der Waals surface area contributed by atoms with Crippen molar-refractivity contribution >= 4 is 44.9 Å². The monoisotopic (exact) mass is 537 g/mol. The van der Waals surface area contributed by atoms with Gasteiger partial charge in [0.15, 0.2) is 0 Å². The van der Waals surface area contributed by atoms with E-state index in [9.17, 15) is 9.59 Å². The van der Waals surface area contributed by atoms with Gasteiger partial charge in [0.05, 0.1) is 42.2 Å². The lowest BCUT2D eigenvalue weighted by molar-refractivity contribution is -0.120. The third-order valence-corrected chi connectivity index (χ3v) is 8.64. The lowest BCUT2D eigenvalue weighted by Crippen LogP contribution is -2.41. The number of nitrogens with zero attached hydrogens (tertiary/aromatic N) is 4. The molecule has 1 aromatic carbocycles. The maximum Gasteiger partial charge on any atom is 0.257 e. The predicted octanol–water partition coefficient (Wildman–Crippen LogP) is 4.74. The largest absolute Gasteiger partial charge is 0.497 e. The van der Waals surface area contributed by atoms with Crippen LogP contribution in [-0.4, -0.2) is 66.5 Å². The van der Waals surface area contributed by atoms with Crippen LogP contribution < -0.4 is 19.7 Å². The quantitative estimate of drug-likeness (QED) is 0.485. The second kappa shape index (κ2) is 11.1. The van der Waals surface area contributed by atoms with Gasteiger partial charge in [-0.15, -0.1) is 0 Å². The molecule has 2 aromatic heterocycles. The maximum absolute atomic E-state index is 13.7. The summed E-state index contributed by atoms with van der Waals surface area (Å²) in [7, 11) is 3.17. The molecule has 3 aromatic rings. The number of anilines is 2. The molecule has 9 nitrogen and oxygen atoms in total. The standard InChI is InChI=1S/C28H35N5O4S/c1-17-7-11-33(12-8-17)28(35)21-16-29-27-24(18(2)31-38-27)25(21)32-13-9-19(10-14-32)26(34)30-22-6-5-20(36-3)15-23(22)37-4/h5-6,15-17,19H,7-14H2,1-4H3,(H,30,34). The molecule has 2 amide bonds. The first-order chi connectivity index (χ1) is 18.4. The van der Waals surface area contributed by atoms with E-state index < -0.39 is 0 Å². The summed E-state index contributed by atoms with van der Waals surface area (Å²) in [5.74, 6) is 1.74. The van der Waals surface area contributed by atoms with Gasteiger partial charge in [-0.05, 0) is 62.2 Å². The Morgan fingerprint density at radius 1 is 1.05 bits per heavy atom. The third kappa shape index (κ3) is 5.14. The van der Waals surface area contributed by atoms with Gasteiger partial charge in [0.1, 0.15) is 16.3 Å². The minimum Gasteiger partial charge on any atom is -0.497 e. The molecule has 2 fully saturated rings. The average molecular weight is 538 g/mol. The van der Waals surface area contributed by atoms with Crippen LogP contribution in [0.4, 0.5) is 11.4 Å². The number of benzene rings is 1. The molecule has 2 saturated heterocycles. The van der Waals surface area contributed by atoms with E-state index in [0.717, 1.165) is 47.5 Å². The minimum atomic E-state index is -0.139. The zero-order valence-corrected chi connectivity index (χ0v) is 23.3. The summed E-state index contributed by atoms with van der Waals surface area (Å²) in [6.45, 7) is 7.10. The molecule has 0 saturated carbocycles. The SMILES string of the molecule is COc1ccc(NC(=O)C2CCN(c3c(C(=O)N4CCC(C)CC4)cnc4snc(C)c34)CC2)c(OC)c1. The number of hydrogen-bond acceptors (Lipinski definition) is 8. The molecular weight excluding hydrogens is 502 g/mol. The van der Waals surface area contributed by atoms with E-state index in [2.05, 4.69) is 26.5 Å². The van der Waals surface area contributed by atoms with Crippen LogP contribution in [0.25, 0.3) is 10.2 Å². The zero-order valence-electron chi connectivity index (χ0n) is 22.5. The third-order valence-electron chi connectivity index (χ3n) is 7.80. The highest BCUT2D eigenvalue weighted by Crippen LogP contribution is 2.37. The molecule has 0 unspecified atom stereocenters. The fourth-order valence-electron chi connectivity index (χ4n) is 5.41. The lowest BCUT2D eigenvalue weighted by atomic mass is 9.94. The summed E-state index contributed by atoms with van der Waals surface area (Å²) in [4.78, 5) is 36.5. The van der Waals surface area contributed by atoms with Crippen LogP contribution in [0.1, 0.15) is 48.7 Å². The summed E-state index contributed by atoms with van der Waals surface area (Å²) in [6.07, 6.45) is 5.13. The van der Waals surface area contributed by atoms with E-state index >= 15 is 0 Å². The van der Waals surface area contributed by atoms with Crippen molar-refractivity contribution in [3.63, 3.8) is 0 Å². The van der Waals surface area contributed by atoms with Gasteiger partial charge in [0.25, 0.3) is 5.91 Å². The van der Waals surface area contributed by atoms with E-state index in [-0.39, 0.29) is 17.7 Å². The fraction of sp³-hybridized carbons (Fsp3) is 0.500. The Labute approximate surface area is 227 Å². The van der Waals surface area contributed by atoms with Gasteiger partial charge in [0.2, 0.25) is 5.91 Å². The van der Waals surface area contributed by atoms with Crippen LogP contribution >= 0.6 is 11.5 Å². The highest BCUT2D eigenvalue weighted by molar-refractivity contribution is 7.13. The Morgan fingerprint density at radius 3 is 2.47 bits per heavy atom. The van der Waals surface area contributed by atoms with E-state index in [0.29, 0.717) is 54.6 Å². The van der Waals surface area contributed by atoms with Gasteiger partial charge in [0, 0.05) is 44.4 Å². The molecule has 1 N–H and O–H groups in total. The molecule has 202 valence electrons. The maximum atomic E-state index is 13.7. The molecule has 38 heavy (non-hydrogen) atoms. The van der Waals surface area contributed by atoms with E-state index in [1.807, 2.05) is 11.8 Å². The molecule has 0 bridgehead atoms. The van der Waals surface area contributed by atoms with Crippen LogP contribution in [-0.2, 0) is 4.79 Å². The molecule has 5 rings (SSSR count). The first-order valence-corrected chi connectivity index (χ1v) is 14.0. The van der Waals surface area contributed by atoms with Crippen molar-refractivity contribution in [1.82, 2.24) is 14.3 Å². The average Bonchev–Trinajstić information content (AvgIpc) is 3.33. The number of amides is 2. The normalized spacial score (nSPS) is 17.1. The van der Waals surface area contributed by atoms with Crippen LogP contribution in [0, 0.1) is 18.8 Å². The number of piperidine rings is 2. The number of carbonyl (C=O) groups excluding carboxylic acids is 2. The van der Waals surface area contributed by atoms with Crippen molar-refractivity contribution in [2.45, 2.75) is 39.5 Å². The number of carbonyl (C=O) groups is 2. The van der Waals surface area contributed by atoms with Gasteiger partial charge in [-0.25, -0.2) is 4.98 Å². The molecule has 4 heterocycles. The number of pyridine rings is 1. The Kier molecular flexibility index (Phi) is 7.69. The number of fused-ring (bicyclic) bond motifs is 1. The zero-order chi connectivity index (χ0) is 26.8. The van der Waals surface area contributed by atoms with Crippen molar-refractivity contribution in [2.75, 3.05) is 50.6 Å². The lowest BCUT2D eigenvalue weighted by Gasteiger charge is -2.36. The Balaban J connectivity index is 1.34. The number of methoxy groups -OCH3 is 2. The van der Waals surface area contributed by atoms with Crippen LogP contribution in [0.2, 0.25) is 0 Å². The molecule has 0 aliphatic carbocycles. The number of nitrogens with one attached hydrogen (secondary N) is 1. The van der Waals surface area contributed by atoms with Gasteiger partial charge in [-0.2, -0.15) is 4.37 Å². The summed E-state index contributed by atoms with van der Waals surface area (Å²) in [5, 5.41) is 3.99. The smallest absolute Gasteiger partial charge is 0.257 e. The Bertz CT molecular complexity index is 1330. The Hall–Kier alpha value is -3.40. The molecule has 0 radical (unpaired) electrons. The Morgan fingerprint density at radius 2 is 1.79 bits per heavy atom. The topological polar surface area (TPSA) is 96.9 Å². The number of aromatic nitrogens is 2. The van der Waals surface area contributed by atoms with Crippen molar-refractivity contribution in [1.29, 1.82) is 0 Å². The highest BCUT2D eigenvalue weighted by atomic mass is 32.1. The number of likely N-dealkylation sites (tertiary alicyclic amines) is 1. The van der Waals surface area contributed by atoms with Crippen molar-refractivity contribution < 1.29 is 19.1 Å². The number of ether oxygens (including phenoxy) is 2. The molecule has 2 aliphatic heterocycles. The van der Waals surface area contributed by atoms with Crippen LogP contribution in [0.3, 0.4) is 0 Å². The number of aryl methyl sites for hydroxylation is 1. The first kappa shape index (κ1) is 26.2. The van der Waals surface area contributed by atoms with Crippen LogP contribution in [0.15, 0.2) is 24.4 Å². The molecule has 0 spiro atoms. The van der Waals surface area contributed by atoms with Gasteiger partial charge >= 0.3 is 0 Å². The number of hydrogen-bond donors (Lipinski definition) is 1. The van der Waals surface area contributed by atoms with E-state index in [1.165, 1.54) is 11.5 Å². The van der Waals surface area contributed by atoms with Gasteiger partial charge in [-0.1, -0.05) is 6.92 Å². The number of rotatable bonds is 6. The van der Waals surface area contributed by atoms with Gasteiger partial charge in [-0.3, -0.25) is 9.59 Å². The molecule has 2 aliphatic rings. The van der Waals surface area contributed by atoms with Crippen molar-refractivity contribution in [2.24, 2.45) is 11.8 Å². The highest BCUT2D eigenvalue weighted by Gasteiger charge is 2.32. The van der Waals surface area contributed by atoms with E-state index in [4.69, 9.17) is 9.47 Å². The summed E-state index contributed by atoms with van der Waals surface area (Å²) >= 11 is 1.36. The first-order valence-electron chi connectivity index (χ1n) is 13.2. The molecule has 0 atom stereocenters. The van der Waals surface area contributed by atoms with Crippen LogP contribution in [0.5, 0.6) is 11.5 Å². The predicted molar refractivity (Wildman–Crippen MR) is 150 cm³/mol. The fourth-order valence-corrected chi connectivity index (χ4v) is 6.16. The molecule has 10 heteroatoms. The summed E-state index contributed by atoms with van der Waals surface area (Å²) in [5.41, 5.74) is 3.07. The van der Waals surface area contributed by atoms with Crippen molar-refractivity contribution in [3.8, 4) is 11.5 Å². The summed E-state index contributed by atoms with van der Waals surface area (Å²) in [6, 6.07) is 5.35. The second-order valence-electron chi connectivity index (χ2n) is 10.3.